The minimum absolute atomic E-state index is 0.0970. The van der Waals surface area contributed by atoms with E-state index in [1.54, 1.807) is 0 Å². The highest BCUT2D eigenvalue weighted by atomic mass is 32.2. The third-order valence-electron chi connectivity index (χ3n) is 2.33. The van der Waals surface area contributed by atoms with E-state index in [1.165, 1.54) is 4.31 Å². The van der Waals surface area contributed by atoms with Crippen molar-refractivity contribution in [3.05, 3.63) is 0 Å². The third kappa shape index (κ3) is 2.65. The summed E-state index contributed by atoms with van der Waals surface area (Å²) in [6.07, 6.45) is 1.62. The van der Waals surface area contributed by atoms with Gasteiger partial charge in [-0.1, -0.05) is 13.3 Å². The zero-order valence-electron chi connectivity index (χ0n) is 7.94. The fourth-order valence-corrected chi connectivity index (χ4v) is 3.11. The van der Waals surface area contributed by atoms with Crippen LogP contribution < -0.4 is 0 Å². The van der Waals surface area contributed by atoms with Gasteiger partial charge in [0.05, 0.1) is 5.75 Å². The van der Waals surface area contributed by atoms with Crippen molar-refractivity contribution in [2.24, 2.45) is 5.92 Å². The zero-order valence-corrected chi connectivity index (χ0v) is 8.76. The van der Waals surface area contributed by atoms with E-state index in [-0.39, 0.29) is 18.3 Å². The minimum atomic E-state index is -3.01. The number of hydrogen-bond acceptors (Lipinski definition) is 3. The van der Waals surface area contributed by atoms with Gasteiger partial charge < -0.3 is 5.11 Å². The number of sulfonamides is 1. The normalized spacial score (nSPS) is 20.2. The van der Waals surface area contributed by atoms with Crippen LogP contribution in [0.3, 0.4) is 0 Å². The van der Waals surface area contributed by atoms with Crippen molar-refractivity contribution in [1.29, 1.82) is 0 Å². The standard InChI is InChI=1S/C8H17NO3S/c1-2-3-4-13(11,12)9-5-8(6-9)7-10/h8,10H,2-7H2,1H3. The Morgan fingerprint density at radius 2 is 2.08 bits per heavy atom. The molecule has 0 atom stereocenters. The molecule has 0 amide bonds. The van der Waals surface area contributed by atoms with E-state index in [4.69, 9.17) is 5.11 Å². The van der Waals surface area contributed by atoms with Gasteiger partial charge in [-0.05, 0) is 6.42 Å². The van der Waals surface area contributed by atoms with Crippen LogP contribution in [0.4, 0.5) is 0 Å². The van der Waals surface area contributed by atoms with Gasteiger partial charge in [0.25, 0.3) is 0 Å². The molecule has 0 bridgehead atoms. The lowest BCUT2D eigenvalue weighted by atomic mass is 10.1. The zero-order chi connectivity index (χ0) is 9.90. The molecule has 0 saturated carbocycles. The molecule has 0 aromatic heterocycles. The summed E-state index contributed by atoms with van der Waals surface area (Å²) in [7, 11) is -3.01. The van der Waals surface area contributed by atoms with Gasteiger partial charge in [-0.2, -0.15) is 0 Å². The molecule has 78 valence electrons. The number of hydrogen-bond donors (Lipinski definition) is 1. The Hall–Kier alpha value is -0.130. The average molecular weight is 207 g/mol. The van der Waals surface area contributed by atoms with E-state index in [2.05, 4.69) is 0 Å². The Balaban J connectivity index is 2.36. The highest BCUT2D eigenvalue weighted by Crippen LogP contribution is 2.19. The van der Waals surface area contributed by atoms with Gasteiger partial charge in [0.15, 0.2) is 0 Å². The maximum atomic E-state index is 11.5. The van der Waals surface area contributed by atoms with Crippen LogP contribution in [0.5, 0.6) is 0 Å². The van der Waals surface area contributed by atoms with Gasteiger partial charge in [-0.15, -0.1) is 0 Å². The SMILES string of the molecule is CCCCS(=O)(=O)N1CC(CO)C1. The predicted molar refractivity (Wildman–Crippen MR) is 50.8 cm³/mol. The summed E-state index contributed by atoms with van der Waals surface area (Å²) in [5, 5.41) is 8.72. The molecule has 5 heteroatoms. The van der Waals surface area contributed by atoms with E-state index in [0.29, 0.717) is 13.1 Å². The van der Waals surface area contributed by atoms with E-state index in [0.717, 1.165) is 12.8 Å². The van der Waals surface area contributed by atoms with Crippen molar-refractivity contribution in [2.45, 2.75) is 19.8 Å². The summed E-state index contributed by atoms with van der Waals surface area (Å²) in [4.78, 5) is 0. The number of rotatable bonds is 5. The van der Waals surface area contributed by atoms with Gasteiger partial charge in [-0.3, -0.25) is 0 Å². The quantitative estimate of drug-likeness (QED) is 0.692. The molecule has 0 aliphatic carbocycles. The average Bonchev–Trinajstić information content (AvgIpc) is 1.98. The Morgan fingerprint density at radius 3 is 2.54 bits per heavy atom. The second-order valence-electron chi connectivity index (χ2n) is 3.54. The molecule has 1 saturated heterocycles. The number of nitrogens with zero attached hydrogens (tertiary/aromatic N) is 1. The summed E-state index contributed by atoms with van der Waals surface area (Å²) < 4.78 is 24.4. The highest BCUT2D eigenvalue weighted by Gasteiger charge is 2.34. The van der Waals surface area contributed by atoms with Crippen molar-refractivity contribution in [1.82, 2.24) is 4.31 Å². The molecule has 1 rings (SSSR count). The Morgan fingerprint density at radius 1 is 1.46 bits per heavy atom. The van der Waals surface area contributed by atoms with Gasteiger partial charge in [0, 0.05) is 25.6 Å². The molecule has 1 heterocycles. The summed E-state index contributed by atoms with van der Waals surface area (Å²) >= 11 is 0. The number of aliphatic hydroxyl groups is 1. The topological polar surface area (TPSA) is 57.6 Å². The molecule has 1 aliphatic rings. The predicted octanol–water partition coefficient (Wildman–Crippen LogP) is 0.0404. The second-order valence-corrected chi connectivity index (χ2v) is 5.62. The Bertz CT molecular complexity index is 244. The molecular formula is C8H17NO3S. The highest BCUT2D eigenvalue weighted by molar-refractivity contribution is 7.89. The van der Waals surface area contributed by atoms with Crippen LogP contribution in [0, 0.1) is 5.92 Å². The van der Waals surface area contributed by atoms with Crippen molar-refractivity contribution in [3.63, 3.8) is 0 Å². The summed E-state index contributed by atoms with van der Waals surface area (Å²) in [6, 6.07) is 0. The van der Waals surface area contributed by atoms with E-state index >= 15 is 0 Å². The van der Waals surface area contributed by atoms with Crippen molar-refractivity contribution in [3.8, 4) is 0 Å². The monoisotopic (exact) mass is 207 g/mol. The molecule has 0 aromatic rings. The van der Waals surface area contributed by atoms with Crippen molar-refractivity contribution >= 4 is 10.0 Å². The molecule has 0 spiro atoms. The second kappa shape index (κ2) is 4.39. The number of aliphatic hydroxyl groups excluding tert-OH is 1. The molecule has 1 aliphatic heterocycles. The van der Waals surface area contributed by atoms with E-state index in [9.17, 15) is 8.42 Å². The Kier molecular flexibility index (Phi) is 3.70. The first kappa shape index (κ1) is 10.9. The molecule has 0 radical (unpaired) electrons. The van der Waals surface area contributed by atoms with Crippen LogP contribution in [-0.4, -0.2) is 43.3 Å². The molecule has 4 nitrogen and oxygen atoms in total. The molecule has 0 unspecified atom stereocenters. The molecule has 0 aromatic carbocycles. The van der Waals surface area contributed by atoms with E-state index in [1.807, 2.05) is 6.92 Å². The first-order valence-electron chi connectivity index (χ1n) is 4.69. The van der Waals surface area contributed by atoms with Crippen LogP contribution >= 0.6 is 0 Å². The van der Waals surface area contributed by atoms with Gasteiger partial charge in [0.2, 0.25) is 10.0 Å². The van der Waals surface area contributed by atoms with Crippen LogP contribution in [-0.2, 0) is 10.0 Å². The summed E-state index contributed by atoms with van der Waals surface area (Å²) in [5.74, 6) is 0.415. The first-order chi connectivity index (χ1) is 6.10. The van der Waals surface area contributed by atoms with E-state index < -0.39 is 10.0 Å². The maximum absolute atomic E-state index is 11.5. The largest absolute Gasteiger partial charge is 0.396 e. The van der Waals surface area contributed by atoms with Gasteiger partial charge >= 0.3 is 0 Å². The lowest BCUT2D eigenvalue weighted by molar-refractivity contribution is 0.117. The maximum Gasteiger partial charge on any atom is 0.214 e. The van der Waals surface area contributed by atoms with Crippen LogP contribution in [0.2, 0.25) is 0 Å². The minimum Gasteiger partial charge on any atom is -0.396 e. The molecule has 1 N–H and O–H groups in total. The molecule has 13 heavy (non-hydrogen) atoms. The third-order valence-corrected chi connectivity index (χ3v) is 4.22. The van der Waals surface area contributed by atoms with Gasteiger partial charge in [0.1, 0.15) is 0 Å². The lowest BCUT2D eigenvalue weighted by Crippen LogP contribution is -2.51. The number of unbranched alkanes of at least 4 members (excludes halogenated alkanes) is 1. The first-order valence-corrected chi connectivity index (χ1v) is 6.29. The van der Waals surface area contributed by atoms with Crippen LogP contribution in [0.1, 0.15) is 19.8 Å². The van der Waals surface area contributed by atoms with Crippen molar-refractivity contribution in [2.75, 3.05) is 25.4 Å². The molecule has 1 fully saturated rings. The lowest BCUT2D eigenvalue weighted by Gasteiger charge is -2.36. The van der Waals surface area contributed by atoms with Crippen LogP contribution in [0.25, 0.3) is 0 Å². The van der Waals surface area contributed by atoms with Crippen molar-refractivity contribution < 1.29 is 13.5 Å². The smallest absolute Gasteiger partial charge is 0.214 e. The van der Waals surface area contributed by atoms with Crippen LogP contribution in [0.15, 0.2) is 0 Å². The fraction of sp³-hybridized carbons (Fsp3) is 1.00. The Labute approximate surface area is 79.6 Å². The van der Waals surface area contributed by atoms with Gasteiger partial charge in [-0.25, -0.2) is 12.7 Å². The molecular weight excluding hydrogens is 190 g/mol. The fourth-order valence-electron chi connectivity index (χ4n) is 1.32. The summed E-state index contributed by atoms with van der Waals surface area (Å²) in [5.41, 5.74) is 0. The summed E-state index contributed by atoms with van der Waals surface area (Å²) in [6.45, 7) is 3.08.